The third kappa shape index (κ3) is 4.05. The van der Waals surface area contributed by atoms with Crippen LogP contribution in [0.25, 0.3) is 11.5 Å². The Morgan fingerprint density at radius 1 is 1.21 bits per heavy atom. The van der Waals surface area contributed by atoms with Crippen LogP contribution in [0.15, 0.2) is 47.0 Å². The Kier molecular flexibility index (Phi) is 5.40. The van der Waals surface area contributed by atoms with Crippen LogP contribution in [0.1, 0.15) is 23.7 Å². The summed E-state index contributed by atoms with van der Waals surface area (Å²) in [4.78, 5) is 18.8. The minimum absolute atomic E-state index is 0.0587. The first kappa shape index (κ1) is 19.3. The second-order valence-corrected chi connectivity index (χ2v) is 7.27. The number of rotatable bonds is 6. The summed E-state index contributed by atoms with van der Waals surface area (Å²) in [6, 6.07) is 12.9. The van der Waals surface area contributed by atoms with Crippen molar-refractivity contribution >= 4 is 17.5 Å². The van der Waals surface area contributed by atoms with Gasteiger partial charge in [0.15, 0.2) is 5.82 Å². The van der Waals surface area contributed by atoms with E-state index in [4.69, 9.17) is 25.6 Å². The molecular weight excluding hydrogens is 394 g/mol. The molecule has 1 aromatic heterocycles. The van der Waals surface area contributed by atoms with Gasteiger partial charge in [0.05, 0.1) is 19.8 Å². The molecule has 0 bridgehead atoms. The molecule has 1 unspecified atom stereocenters. The summed E-state index contributed by atoms with van der Waals surface area (Å²) in [5.74, 6) is 2.04. The SMILES string of the molecule is COc1ccc(-c2nc(C3CC(=O)N(Cc4cccc(Cl)c4)C3)no2)c(OC)c1. The predicted octanol–water partition coefficient (Wildman–Crippen LogP) is 3.92. The zero-order valence-electron chi connectivity index (χ0n) is 16.1. The Balaban J connectivity index is 1.51. The monoisotopic (exact) mass is 413 g/mol. The molecule has 0 aliphatic carbocycles. The van der Waals surface area contributed by atoms with E-state index in [9.17, 15) is 4.79 Å². The lowest BCUT2D eigenvalue weighted by Gasteiger charge is -2.16. The van der Waals surface area contributed by atoms with Crippen LogP contribution in [-0.2, 0) is 11.3 Å². The summed E-state index contributed by atoms with van der Waals surface area (Å²) < 4.78 is 16.1. The molecule has 150 valence electrons. The third-order valence-electron chi connectivity index (χ3n) is 4.92. The van der Waals surface area contributed by atoms with Gasteiger partial charge in [0.2, 0.25) is 5.91 Å². The number of amides is 1. The predicted molar refractivity (Wildman–Crippen MR) is 107 cm³/mol. The lowest BCUT2D eigenvalue weighted by Crippen LogP contribution is -2.24. The highest BCUT2D eigenvalue weighted by molar-refractivity contribution is 6.30. The standard InChI is InChI=1S/C21H20ClN3O4/c1-27-16-6-7-17(18(10-16)28-2)21-23-20(24-29-21)14-9-19(26)25(12-14)11-13-4-3-5-15(22)8-13/h3-8,10,14H,9,11-12H2,1-2H3. The molecule has 1 atom stereocenters. The number of aromatic nitrogens is 2. The van der Waals surface area contributed by atoms with E-state index >= 15 is 0 Å². The number of halogens is 1. The van der Waals surface area contributed by atoms with Crippen molar-refractivity contribution in [1.82, 2.24) is 15.0 Å². The summed E-state index contributed by atoms with van der Waals surface area (Å²) in [5.41, 5.74) is 1.66. The summed E-state index contributed by atoms with van der Waals surface area (Å²) in [7, 11) is 3.16. The van der Waals surface area contributed by atoms with Crippen molar-refractivity contribution in [2.45, 2.75) is 18.9 Å². The molecule has 2 heterocycles. The van der Waals surface area contributed by atoms with Crippen LogP contribution in [0.5, 0.6) is 11.5 Å². The van der Waals surface area contributed by atoms with Gasteiger partial charge >= 0.3 is 0 Å². The highest BCUT2D eigenvalue weighted by Crippen LogP contribution is 2.34. The van der Waals surface area contributed by atoms with Crippen LogP contribution in [0.2, 0.25) is 5.02 Å². The molecule has 1 amide bonds. The zero-order valence-corrected chi connectivity index (χ0v) is 16.8. The van der Waals surface area contributed by atoms with Crippen LogP contribution in [0.3, 0.4) is 0 Å². The van der Waals surface area contributed by atoms with Crippen molar-refractivity contribution in [1.29, 1.82) is 0 Å². The van der Waals surface area contributed by atoms with Gasteiger partial charge < -0.3 is 18.9 Å². The van der Waals surface area contributed by atoms with Crippen LogP contribution < -0.4 is 9.47 Å². The van der Waals surface area contributed by atoms with Crippen molar-refractivity contribution in [2.75, 3.05) is 20.8 Å². The maximum absolute atomic E-state index is 12.5. The normalized spacial score (nSPS) is 16.3. The first-order chi connectivity index (χ1) is 14.1. The van der Waals surface area contributed by atoms with E-state index in [0.717, 1.165) is 5.56 Å². The summed E-state index contributed by atoms with van der Waals surface area (Å²) in [6.45, 7) is 1.04. The highest BCUT2D eigenvalue weighted by atomic mass is 35.5. The molecule has 0 radical (unpaired) electrons. The molecule has 0 N–H and O–H groups in total. The number of carbonyl (C=O) groups is 1. The summed E-state index contributed by atoms with van der Waals surface area (Å²) in [5, 5.41) is 4.76. The third-order valence-corrected chi connectivity index (χ3v) is 5.16. The molecule has 7 nitrogen and oxygen atoms in total. The summed E-state index contributed by atoms with van der Waals surface area (Å²) >= 11 is 6.04. The van der Waals surface area contributed by atoms with Crippen molar-refractivity contribution in [3.8, 4) is 23.0 Å². The Bertz CT molecular complexity index is 1040. The van der Waals surface area contributed by atoms with Gasteiger partial charge in [-0.3, -0.25) is 4.79 Å². The molecule has 2 aromatic carbocycles. The van der Waals surface area contributed by atoms with Crippen LogP contribution >= 0.6 is 11.6 Å². The minimum atomic E-state index is -0.122. The molecule has 29 heavy (non-hydrogen) atoms. The fourth-order valence-electron chi connectivity index (χ4n) is 3.44. The topological polar surface area (TPSA) is 77.7 Å². The van der Waals surface area contributed by atoms with Gasteiger partial charge in [0.1, 0.15) is 11.5 Å². The van der Waals surface area contributed by atoms with Gasteiger partial charge in [-0.1, -0.05) is 28.9 Å². The number of benzene rings is 2. The van der Waals surface area contributed by atoms with E-state index in [1.807, 2.05) is 24.3 Å². The fraction of sp³-hybridized carbons (Fsp3) is 0.286. The number of likely N-dealkylation sites (tertiary alicyclic amines) is 1. The lowest BCUT2D eigenvalue weighted by molar-refractivity contribution is -0.128. The van der Waals surface area contributed by atoms with E-state index in [2.05, 4.69) is 10.1 Å². The fourth-order valence-corrected chi connectivity index (χ4v) is 3.65. The Hall–Kier alpha value is -3.06. The number of hydrogen-bond acceptors (Lipinski definition) is 6. The number of ether oxygens (including phenoxy) is 2. The van der Waals surface area contributed by atoms with Gasteiger partial charge in [-0.15, -0.1) is 0 Å². The van der Waals surface area contributed by atoms with Gasteiger partial charge in [-0.2, -0.15) is 4.98 Å². The average molecular weight is 414 g/mol. The Morgan fingerprint density at radius 3 is 2.83 bits per heavy atom. The first-order valence-electron chi connectivity index (χ1n) is 9.15. The molecule has 3 aromatic rings. The van der Waals surface area contributed by atoms with Crippen molar-refractivity contribution in [3.63, 3.8) is 0 Å². The van der Waals surface area contributed by atoms with E-state index in [1.54, 1.807) is 37.3 Å². The van der Waals surface area contributed by atoms with Gasteiger partial charge in [-0.25, -0.2) is 0 Å². The maximum Gasteiger partial charge on any atom is 0.261 e. The minimum Gasteiger partial charge on any atom is -0.497 e. The van der Waals surface area contributed by atoms with Gasteiger partial charge in [-0.05, 0) is 29.8 Å². The van der Waals surface area contributed by atoms with Crippen molar-refractivity contribution in [3.05, 3.63) is 58.9 Å². The molecule has 0 spiro atoms. The molecule has 8 heteroatoms. The Morgan fingerprint density at radius 2 is 2.07 bits per heavy atom. The second-order valence-electron chi connectivity index (χ2n) is 6.83. The second kappa shape index (κ2) is 8.13. The van der Waals surface area contributed by atoms with Crippen LogP contribution in [0.4, 0.5) is 0 Å². The highest BCUT2D eigenvalue weighted by Gasteiger charge is 2.34. The van der Waals surface area contributed by atoms with Gasteiger partial charge in [0, 0.05) is 36.5 Å². The average Bonchev–Trinajstić information content (AvgIpc) is 3.35. The molecule has 4 rings (SSSR count). The van der Waals surface area contributed by atoms with E-state index < -0.39 is 0 Å². The molecule has 1 saturated heterocycles. The molecule has 1 aliphatic rings. The lowest BCUT2D eigenvalue weighted by atomic mass is 10.1. The number of methoxy groups -OCH3 is 2. The van der Waals surface area contributed by atoms with Crippen molar-refractivity contribution < 1.29 is 18.8 Å². The number of hydrogen-bond donors (Lipinski definition) is 0. The first-order valence-corrected chi connectivity index (χ1v) is 9.53. The smallest absolute Gasteiger partial charge is 0.261 e. The maximum atomic E-state index is 12.5. The number of nitrogens with zero attached hydrogens (tertiary/aromatic N) is 3. The van der Waals surface area contributed by atoms with Crippen molar-refractivity contribution in [2.24, 2.45) is 0 Å². The molecule has 1 aliphatic heterocycles. The number of carbonyl (C=O) groups excluding carboxylic acids is 1. The van der Waals surface area contributed by atoms with Gasteiger partial charge in [0.25, 0.3) is 5.89 Å². The van der Waals surface area contributed by atoms with Crippen LogP contribution in [0, 0.1) is 0 Å². The largest absolute Gasteiger partial charge is 0.497 e. The van der Waals surface area contributed by atoms with E-state index in [-0.39, 0.29) is 11.8 Å². The van der Waals surface area contributed by atoms with E-state index in [0.29, 0.717) is 53.3 Å². The zero-order chi connectivity index (χ0) is 20.4. The Labute approximate surface area is 173 Å². The van der Waals surface area contributed by atoms with Crippen LogP contribution in [-0.4, -0.2) is 41.7 Å². The molecule has 1 fully saturated rings. The molecule has 0 saturated carbocycles. The van der Waals surface area contributed by atoms with E-state index in [1.165, 1.54) is 0 Å². The molecular formula is C21H20ClN3O4. The quantitative estimate of drug-likeness (QED) is 0.609. The summed E-state index contributed by atoms with van der Waals surface area (Å²) in [6.07, 6.45) is 0.347.